The van der Waals surface area contributed by atoms with Gasteiger partial charge in [-0.05, 0) is 49.6 Å². The monoisotopic (exact) mass is 420 g/mol. The lowest BCUT2D eigenvalue weighted by molar-refractivity contribution is -0.891. The van der Waals surface area contributed by atoms with Gasteiger partial charge in [-0.15, -0.1) is 0 Å². The Bertz CT molecular complexity index is 933. The lowest BCUT2D eigenvalue weighted by Crippen LogP contribution is -3.07. The van der Waals surface area contributed by atoms with Crippen LogP contribution >= 0.6 is 0 Å². The Hall–Kier alpha value is -2.16. The van der Waals surface area contributed by atoms with Gasteiger partial charge in [-0.1, -0.05) is 12.5 Å². The van der Waals surface area contributed by atoms with Crippen LogP contribution in [0.3, 0.4) is 0 Å². The molecule has 1 fully saturated rings. The van der Waals surface area contributed by atoms with Gasteiger partial charge in [-0.3, -0.25) is 4.79 Å². The fourth-order valence-corrected chi connectivity index (χ4v) is 5.41. The molecule has 0 aliphatic carbocycles. The van der Waals surface area contributed by atoms with Crippen LogP contribution in [-0.4, -0.2) is 52.4 Å². The van der Waals surface area contributed by atoms with E-state index < -0.39 is 10.0 Å². The van der Waals surface area contributed by atoms with E-state index in [9.17, 15) is 13.2 Å². The van der Waals surface area contributed by atoms with E-state index in [-0.39, 0.29) is 16.8 Å². The van der Waals surface area contributed by atoms with Gasteiger partial charge in [0.25, 0.3) is 5.91 Å². The zero-order valence-corrected chi connectivity index (χ0v) is 18.1. The SMILES string of the molecule is Cc1ccc(C(=O)NC[C@H](c2ccco2)[NH+](C)C)cc1S(=O)(=O)N1CCCCC1. The highest BCUT2D eigenvalue weighted by molar-refractivity contribution is 7.89. The highest BCUT2D eigenvalue weighted by atomic mass is 32.2. The molecule has 0 spiro atoms. The maximum atomic E-state index is 13.1. The Labute approximate surface area is 172 Å². The molecular weight excluding hydrogens is 390 g/mol. The molecule has 0 unspecified atom stereocenters. The number of aryl methyl sites for hydroxylation is 1. The maximum Gasteiger partial charge on any atom is 0.251 e. The summed E-state index contributed by atoms with van der Waals surface area (Å²) in [5.41, 5.74) is 0.997. The molecule has 0 bridgehead atoms. The maximum absolute atomic E-state index is 13.1. The van der Waals surface area contributed by atoms with Crippen molar-refractivity contribution in [2.45, 2.75) is 37.1 Å². The van der Waals surface area contributed by atoms with E-state index in [0.717, 1.165) is 29.9 Å². The highest BCUT2D eigenvalue weighted by Crippen LogP contribution is 2.24. The lowest BCUT2D eigenvalue weighted by Gasteiger charge is -2.26. The highest BCUT2D eigenvalue weighted by Gasteiger charge is 2.28. The number of likely N-dealkylation sites (N-methyl/N-ethyl adjacent to an activating group) is 1. The molecule has 2 aromatic rings. The number of nitrogens with zero attached hydrogens (tertiary/aromatic N) is 1. The van der Waals surface area contributed by atoms with E-state index in [0.29, 0.717) is 30.8 Å². The third kappa shape index (κ3) is 4.88. The second-order valence-corrected chi connectivity index (χ2v) is 9.71. The Balaban J connectivity index is 1.77. The number of benzene rings is 1. The zero-order chi connectivity index (χ0) is 21.0. The second-order valence-electron chi connectivity index (χ2n) is 7.80. The number of quaternary nitrogens is 1. The van der Waals surface area contributed by atoms with Gasteiger partial charge in [0.2, 0.25) is 10.0 Å². The zero-order valence-electron chi connectivity index (χ0n) is 17.3. The fourth-order valence-electron chi connectivity index (χ4n) is 3.64. The summed E-state index contributed by atoms with van der Waals surface area (Å²) in [5, 5.41) is 2.92. The lowest BCUT2D eigenvalue weighted by atomic mass is 10.1. The second kappa shape index (κ2) is 9.11. The van der Waals surface area contributed by atoms with E-state index in [4.69, 9.17) is 4.42 Å². The molecule has 0 radical (unpaired) electrons. The van der Waals surface area contributed by atoms with Crippen molar-refractivity contribution in [2.75, 3.05) is 33.7 Å². The number of rotatable bonds is 7. The van der Waals surface area contributed by atoms with E-state index in [1.807, 2.05) is 26.2 Å². The van der Waals surface area contributed by atoms with Gasteiger partial charge >= 0.3 is 0 Å². The Morgan fingerprint density at radius 1 is 1.21 bits per heavy atom. The number of carbonyl (C=O) groups excluding carboxylic acids is 1. The first kappa shape index (κ1) is 21.5. The normalized spacial score (nSPS) is 16.7. The molecule has 1 aromatic carbocycles. The molecule has 3 rings (SSSR count). The van der Waals surface area contributed by atoms with Crippen LogP contribution < -0.4 is 10.2 Å². The van der Waals surface area contributed by atoms with E-state index in [1.54, 1.807) is 25.3 Å². The number of amides is 1. The average molecular weight is 421 g/mol. The Kier molecular flexibility index (Phi) is 6.77. The molecule has 1 amide bonds. The van der Waals surface area contributed by atoms with Crippen LogP contribution in [0.2, 0.25) is 0 Å². The van der Waals surface area contributed by atoms with Gasteiger partial charge in [-0.2, -0.15) is 4.31 Å². The molecule has 8 heteroatoms. The van der Waals surface area contributed by atoms with Gasteiger partial charge in [0, 0.05) is 18.7 Å². The van der Waals surface area contributed by atoms with Gasteiger partial charge in [0.05, 0.1) is 31.8 Å². The standard InChI is InChI=1S/C21H29N3O4S/c1-16-9-10-17(14-20(16)29(26,27)24-11-5-4-6-12-24)21(25)22-15-18(23(2)3)19-8-7-13-28-19/h7-10,13-14,18H,4-6,11-12,15H2,1-3H3,(H,22,25)/p+1/t18-/m1/s1. The summed E-state index contributed by atoms with van der Waals surface area (Å²) in [6.45, 7) is 3.22. The minimum absolute atomic E-state index is 0.0315. The number of piperidine rings is 1. The largest absolute Gasteiger partial charge is 0.463 e. The molecule has 1 atom stereocenters. The van der Waals surface area contributed by atoms with Crippen molar-refractivity contribution in [1.82, 2.24) is 9.62 Å². The minimum atomic E-state index is -3.59. The van der Waals surface area contributed by atoms with Crippen LogP contribution in [-0.2, 0) is 10.0 Å². The molecule has 1 aliphatic heterocycles. The molecule has 158 valence electrons. The number of furan rings is 1. The first-order valence-corrected chi connectivity index (χ1v) is 11.5. The topological polar surface area (TPSA) is 84.1 Å². The Morgan fingerprint density at radius 2 is 1.93 bits per heavy atom. The number of hydrogen-bond acceptors (Lipinski definition) is 4. The van der Waals surface area contributed by atoms with Crippen LogP contribution in [0.25, 0.3) is 0 Å². The van der Waals surface area contributed by atoms with Crippen LogP contribution in [0.15, 0.2) is 45.9 Å². The van der Waals surface area contributed by atoms with Crippen LogP contribution in [0.1, 0.15) is 47.0 Å². The number of carbonyl (C=O) groups is 1. The third-order valence-electron chi connectivity index (χ3n) is 5.43. The molecule has 0 saturated carbocycles. The number of sulfonamides is 1. The van der Waals surface area contributed by atoms with Gasteiger partial charge in [0.1, 0.15) is 0 Å². The Morgan fingerprint density at radius 3 is 2.55 bits per heavy atom. The van der Waals surface area contributed by atoms with Crippen molar-refractivity contribution < 1.29 is 22.5 Å². The number of hydrogen-bond donors (Lipinski definition) is 2. The van der Waals surface area contributed by atoms with Gasteiger partial charge in [-0.25, -0.2) is 8.42 Å². The van der Waals surface area contributed by atoms with E-state index >= 15 is 0 Å². The molecule has 7 nitrogen and oxygen atoms in total. The molecule has 2 heterocycles. The summed E-state index contributed by atoms with van der Waals surface area (Å²) < 4.78 is 33.2. The number of nitrogens with one attached hydrogen (secondary N) is 2. The van der Waals surface area contributed by atoms with Crippen LogP contribution in [0, 0.1) is 6.92 Å². The quantitative estimate of drug-likeness (QED) is 0.709. The minimum Gasteiger partial charge on any atom is -0.463 e. The molecule has 1 saturated heterocycles. The van der Waals surface area contributed by atoms with Crippen molar-refractivity contribution in [3.8, 4) is 0 Å². The van der Waals surface area contributed by atoms with Crippen LogP contribution in [0.4, 0.5) is 0 Å². The molecule has 1 aromatic heterocycles. The summed E-state index contributed by atoms with van der Waals surface area (Å²) in [4.78, 5) is 14.1. The summed E-state index contributed by atoms with van der Waals surface area (Å²) in [7, 11) is 0.394. The van der Waals surface area contributed by atoms with Crippen molar-refractivity contribution >= 4 is 15.9 Å². The van der Waals surface area contributed by atoms with Crippen LogP contribution in [0.5, 0.6) is 0 Å². The van der Waals surface area contributed by atoms with E-state index in [1.165, 1.54) is 10.4 Å². The average Bonchev–Trinajstić information content (AvgIpc) is 3.23. The fraction of sp³-hybridized carbons (Fsp3) is 0.476. The summed E-state index contributed by atoms with van der Waals surface area (Å²) in [6, 6.07) is 8.55. The van der Waals surface area contributed by atoms with Crippen molar-refractivity contribution in [3.05, 3.63) is 53.5 Å². The first-order chi connectivity index (χ1) is 13.8. The summed E-state index contributed by atoms with van der Waals surface area (Å²) >= 11 is 0. The van der Waals surface area contributed by atoms with Crippen molar-refractivity contribution in [3.63, 3.8) is 0 Å². The summed E-state index contributed by atoms with van der Waals surface area (Å²) in [5.74, 6) is 0.500. The molecular formula is C21H30N3O4S+. The predicted molar refractivity (Wildman–Crippen MR) is 110 cm³/mol. The van der Waals surface area contributed by atoms with Gasteiger partial charge in [0.15, 0.2) is 11.8 Å². The first-order valence-electron chi connectivity index (χ1n) is 10.0. The van der Waals surface area contributed by atoms with Crippen molar-refractivity contribution in [2.24, 2.45) is 0 Å². The van der Waals surface area contributed by atoms with E-state index in [2.05, 4.69) is 5.32 Å². The smallest absolute Gasteiger partial charge is 0.251 e. The molecule has 1 aliphatic rings. The molecule has 29 heavy (non-hydrogen) atoms. The molecule has 2 N–H and O–H groups in total. The van der Waals surface area contributed by atoms with Gasteiger partial charge < -0.3 is 14.6 Å². The summed E-state index contributed by atoms with van der Waals surface area (Å²) in [6.07, 6.45) is 4.42. The predicted octanol–water partition coefficient (Wildman–Crippen LogP) is 1.38. The third-order valence-corrected chi connectivity index (χ3v) is 7.47. The van der Waals surface area contributed by atoms with Crippen molar-refractivity contribution in [1.29, 1.82) is 0 Å².